The van der Waals surface area contributed by atoms with Crippen molar-refractivity contribution in [1.82, 2.24) is 10.2 Å². The third kappa shape index (κ3) is 8.14. The van der Waals surface area contributed by atoms with Gasteiger partial charge in [0.1, 0.15) is 12.6 Å². The fourth-order valence-electron chi connectivity index (χ4n) is 5.20. The zero-order chi connectivity index (χ0) is 31.9. The number of benzene rings is 4. The van der Waals surface area contributed by atoms with Crippen LogP contribution in [0.5, 0.6) is 0 Å². The molecule has 0 bridgehead atoms. The number of hydrogen-bond acceptors (Lipinski definition) is 4. The summed E-state index contributed by atoms with van der Waals surface area (Å²) in [4.78, 5) is 29.7. The van der Waals surface area contributed by atoms with Crippen LogP contribution in [0.4, 0.5) is 5.69 Å². The van der Waals surface area contributed by atoms with Crippen molar-refractivity contribution in [3.63, 3.8) is 0 Å². The quantitative estimate of drug-likeness (QED) is 0.216. The lowest BCUT2D eigenvalue weighted by molar-refractivity contribution is -0.140. The summed E-state index contributed by atoms with van der Waals surface area (Å²) in [5.41, 5.74) is 5.86. The van der Waals surface area contributed by atoms with Crippen molar-refractivity contribution >= 4 is 27.5 Å². The maximum absolute atomic E-state index is 14.5. The molecule has 230 valence electrons. The Morgan fingerprint density at radius 1 is 0.727 bits per heavy atom. The number of amides is 2. The molecular formula is C36H41N3O4S. The molecule has 4 aromatic rings. The molecule has 0 saturated carbocycles. The number of nitrogens with one attached hydrogen (secondary N) is 1. The molecule has 0 radical (unpaired) electrons. The molecule has 0 unspecified atom stereocenters. The van der Waals surface area contributed by atoms with Gasteiger partial charge in [-0.2, -0.15) is 0 Å². The van der Waals surface area contributed by atoms with Crippen LogP contribution in [-0.2, 0) is 32.6 Å². The van der Waals surface area contributed by atoms with Gasteiger partial charge in [-0.3, -0.25) is 13.9 Å². The topological polar surface area (TPSA) is 86.8 Å². The van der Waals surface area contributed by atoms with Crippen molar-refractivity contribution < 1.29 is 18.0 Å². The van der Waals surface area contributed by atoms with Crippen molar-refractivity contribution in [1.29, 1.82) is 0 Å². The van der Waals surface area contributed by atoms with Gasteiger partial charge >= 0.3 is 0 Å². The molecular weight excluding hydrogens is 570 g/mol. The van der Waals surface area contributed by atoms with E-state index >= 15 is 0 Å². The van der Waals surface area contributed by atoms with E-state index in [-0.39, 0.29) is 23.8 Å². The number of sulfonamides is 1. The third-order valence-corrected chi connectivity index (χ3v) is 9.27. The maximum Gasteiger partial charge on any atom is 0.264 e. The lowest BCUT2D eigenvalue weighted by atomic mass is 10.0. The highest BCUT2D eigenvalue weighted by atomic mass is 32.2. The van der Waals surface area contributed by atoms with Gasteiger partial charge in [0, 0.05) is 19.5 Å². The van der Waals surface area contributed by atoms with Crippen LogP contribution in [0.25, 0.3) is 0 Å². The Balaban J connectivity index is 1.81. The molecule has 4 aromatic carbocycles. The number of hydrogen-bond donors (Lipinski definition) is 1. The second-order valence-corrected chi connectivity index (χ2v) is 13.1. The number of nitrogens with zero attached hydrogens (tertiary/aromatic N) is 2. The van der Waals surface area contributed by atoms with E-state index < -0.39 is 28.5 Å². The Bertz CT molecular complexity index is 1670. The molecule has 0 aliphatic rings. The van der Waals surface area contributed by atoms with E-state index in [4.69, 9.17) is 0 Å². The van der Waals surface area contributed by atoms with Gasteiger partial charge in [0.2, 0.25) is 11.8 Å². The fourth-order valence-corrected chi connectivity index (χ4v) is 6.59. The molecule has 8 heteroatoms. The molecule has 1 N–H and O–H groups in total. The second-order valence-electron chi connectivity index (χ2n) is 11.3. The number of anilines is 1. The molecule has 0 aliphatic carbocycles. The summed E-state index contributed by atoms with van der Waals surface area (Å²) in [5.74, 6) is -0.774. The SMILES string of the molecule is CCNC(=O)[C@H](Cc1ccccc1)N(Cc1ccc(C)cc1)C(=O)CN(c1cc(C)cc(C)c1)S(=O)(=O)c1ccc(C)cc1. The van der Waals surface area contributed by atoms with Gasteiger partial charge in [-0.1, -0.05) is 83.9 Å². The smallest absolute Gasteiger partial charge is 0.264 e. The number of likely N-dealkylation sites (N-methyl/N-ethyl adjacent to an activating group) is 1. The average molecular weight is 612 g/mol. The van der Waals surface area contributed by atoms with Crippen LogP contribution in [0.3, 0.4) is 0 Å². The van der Waals surface area contributed by atoms with E-state index in [1.54, 1.807) is 36.4 Å². The first-order chi connectivity index (χ1) is 21.0. The highest BCUT2D eigenvalue weighted by molar-refractivity contribution is 7.92. The second kappa shape index (κ2) is 14.4. The van der Waals surface area contributed by atoms with Crippen LogP contribution >= 0.6 is 0 Å². The summed E-state index contributed by atoms with van der Waals surface area (Å²) >= 11 is 0. The van der Waals surface area contributed by atoms with Crippen molar-refractivity contribution in [2.75, 3.05) is 17.4 Å². The van der Waals surface area contributed by atoms with Crippen molar-refractivity contribution in [3.8, 4) is 0 Å². The summed E-state index contributed by atoms with van der Waals surface area (Å²) < 4.78 is 29.6. The third-order valence-electron chi connectivity index (χ3n) is 7.48. The summed E-state index contributed by atoms with van der Waals surface area (Å²) in [6.07, 6.45) is 0.276. The minimum atomic E-state index is -4.14. The minimum absolute atomic E-state index is 0.0877. The molecule has 4 rings (SSSR count). The first kappa shape index (κ1) is 32.5. The zero-order valence-electron chi connectivity index (χ0n) is 26.1. The van der Waals surface area contributed by atoms with Crippen LogP contribution in [0.1, 0.15) is 40.3 Å². The van der Waals surface area contributed by atoms with Crippen LogP contribution in [0.15, 0.2) is 102 Å². The molecule has 2 amide bonds. The summed E-state index contributed by atoms with van der Waals surface area (Å²) in [6, 6.07) is 28.5. The Hall–Kier alpha value is -4.43. The number of carbonyl (C=O) groups is 2. The van der Waals surface area contributed by atoms with Gasteiger partial charge in [0.15, 0.2) is 0 Å². The van der Waals surface area contributed by atoms with E-state index in [1.807, 2.05) is 95.3 Å². The normalized spacial score (nSPS) is 11.9. The van der Waals surface area contributed by atoms with Crippen LogP contribution in [-0.4, -0.2) is 44.3 Å². The Labute approximate surface area is 261 Å². The Morgan fingerprint density at radius 2 is 1.30 bits per heavy atom. The summed E-state index contributed by atoms with van der Waals surface area (Å²) in [7, 11) is -4.14. The lowest BCUT2D eigenvalue weighted by Crippen LogP contribution is -2.53. The van der Waals surface area contributed by atoms with E-state index in [0.29, 0.717) is 12.2 Å². The van der Waals surface area contributed by atoms with Gasteiger partial charge in [-0.25, -0.2) is 8.42 Å². The number of aryl methyl sites for hydroxylation is 4. The largest absolute Gasteiger partial charge is 0.355 e. The predicted octanol–water partition coefficient (Wildman–Crippen LogP) is 5.89. The first-order valence-electron chi connectivity index (χ1n) is 14.8. The standard InChI is InChI=1S/C36H41N3O4S/c1-6-37-36(41)34(23-30-10-8-7-9-11-30)38(24-31-16-12-26(2)13-17-31)35(40)25-39(32-21-28(4)20-29(5)22-32)44(42,43)33-18-14-27(3)15-19-33/h7-22,34H,6,23-25H2,1-5H3,(H,37,41)/t34-/m0/s1. The average Bonchev–Trinajstić information content (AvgIpc) is 2.98. The molecule has 0 heterocycles. The highest BCUT2D eigenvalue weighted by Crippen LogP contribution is 2.27. The van der Waals surface area contributed by atoms with Gasteiger partial charge in [-0.05, 0) is 81.1 Å². The summed E-state index contributed by atoms with van der Waals surface area (Å²) in [5, 5.41) is 2.89. The van der Waals surface area contributed by atoms with E-state index in [1.165, 1.54) is 9.21 Å². The van der Waals surface area contributed by atoms with Crippen molar-refractivity contribution in [2.45, 2.75) is 58.5 Å². The number of carbonyl (C=O) groups excluding carboxylic acids is 2. The Morgan fingerprint density at radius 3 is 1.86 bits per heavy atom. The van der Waals surface area contributed by atoms with Gasteiger partial charge < -0.3 is 10.2 Å². The highest BCUT2D eigenvalue weighted by Gasteiger charge is 2.34. The molecule has 0 spiro atoms. The molecule has 0 saturated heterocycles. The summed E-state index contributed by atoms with van der Waals surface area (Å²) in [6.45, 7) is 9.55. The lowest BCUT2D eigenvalue weighted by Gasteiger charge is -2.34. The van der Waals surface area contributed by atoms with Crippen molar-refractivity contribution in [3.05, 3.63) is 130 Å². The molecule has 7 nitrogen and oxygen atoms in total. The molecule has 44 heavy (non-hydrogen) atoms. The zero-order valence-corrected chi connectivity index (χ0v) is 26.9. The van der Waals surface area contributed by atoms with E-state index in [0.717, 1.165) is 33.4 Å². The van der Waals surface area contributed by atoms with Gasteiger partial charge in [0.25, 0.3) is 10.0 Å². The van der Waals surface area contributed by atoms with Crippen molar-refractivity contribution in [2.24, 2.45) is 0 Å². The monoisotopic (exact) mass is 611 g/mol. The van der Waals surface area contributed by atoms with Gasteiger partial charge in [0.05, 0.1) is 10.6 Å². The number of rotatable bonds is 12. The van der Waals surface area contributed by atoms with E-state index in [9.17, 15) is 18.0 Å². The molecule has 1 atom stereocenters. The van der Waals surface area contributed by atoms with E-state index in [2.05, 4.69) is 5.32 Å². The molecule has 0 fully saturated rings. The first-order valence-corrected chi connectivity index (χ1v) is 16.3. The minimum Gasteiger partial charge on any atom is -0.355 e. The molecule has 0 aliphatic heterocycles. The predicted molar refractivity (Wildman–Crippen MR) is 176 cm³/mol. The van der Waals surface area contributed by atoms with Crippen LogP contribution in [0, 0.1) is 27.7 Å². The van der Waals surface area contributed by atoms with Crippen LogP contribution in [0.2, 0.25) is 0 Å². The van der Waals surface area contributed by atoms with Gasteiger partial charge in [-0.15, -0.1) is 0 Å². The maximum atomic E-state index is 14.5. The molecule has 0 aromatic heterocycles. The Kier molecular flexibility index (Phi) is 10.6. The fraction of sp³-hybridized carbons (Fsp3) is 0.278. The van der Waals surface area contributed by atoms with Crippen LogP contribution < -0.4 is 9.62 Å².